The van der Waals surface area contributed by atoms with Gasteiger partial charge in [0, 0.05) is 10.6 Å². The highest BCUT2D eigenvalue weighted by Crippen LogP contribution is 2.30. The zero-order valence-electron chi connectivity index (χ0n) is 12.6. The highest BCUT2D eigenvalue weighted by atomic mass is 35.5. The van der Waals surface area contributed by atoms with Crippen molar-refractivity contribution in [1.29, 1.82) is 0 Å². The standard InChI is InChI=1S/C16H23ClN2O2/c1-3-6-14(18)16(20)19-9-15(21-10-11(19)2)12-7-4-5-8-13(12)17/h4-5,7-8,11,14-15H,3,6,9-10,18H2,1-2H3. The maximum atomic E-state index is 12.5. The summed E-state index contributed by atoms with van der Waals surface area (Å²) in [5.74, 6) is 0.00436. The summed E-state index contributed by atoms with van der Waals surface area (Å²) in [6, 6.07) is 7.21. The van der Waals surface area contributed by atoms with E-state index >= 15 is 0 Å². The van der Waals surface area contributed by atoms with Gasteiger partial charge in [0.05, 0.1) is 25.2 Å². The van der Waals surface area contributed by atoms with Gasteiger partial charge < -0.3 is 15.4 Å². The Kier molecular flexibility index (Phi) is 5.62. The van der Waals surface area contributed by atoms with E-state index in [0.29, 0.717) is 24.6 Å². The van der Waals surface area contributed by atoms with Gasteiger partial charge in [-0.05, 0) is 19.4 Å². The molecule has 3 atom stereocenters. The maximum Gasteiger partial charge on any atom is 0.239 e. The summed E-state index contributed by atoms with van der Waals surface area (Å²) in [6.07, 6.45) is 1.42. The molecule has 116 valence electrons. The van der Waals surface area contributed by atoms with Crippen molar-refractivity contribution < 1.29 is 9.53 Å². The number of rotatable bonds is 4. The molecule has 1 aliphatic heterocycles. The predicted octanol–water partition coefficient (Wildman–Crippen LogP) is 2.76. The van der Waals surface area contributed by atoms with E-state index in [1.165, 1.54) is 0 Å². The minimum Gasteiger partial charge on any atom is -0.369 e. The predicted molar refractivity (Wildman–Crippen MR) is 84.2 cm³/mol. The van der Waals surface area contributed by atoms with Gasteiger partial charge in [0.2, 0.25) is 5.91 Å². The zero-order valence-corrected chi connectivity index (χ0v) is 13.3. The van der Waals surface area contributed by atoms with Crippen LogP contribution in [-0.4, -0.2) is 36.0 Å². The topological polar surface area (TPSA) is 55.6 Å². The number of hydrogen-bond acceptors (Lipinski definition) is 3. The molecule has 0 spiro atoms. The molecule has 1 saturated heterocycles. The van der Waals surface area contributed by atoms with Crippen LogP contribution in [0.1, 0.15) is 38.4 Å². The second kappa shape index (κ2) is 7.25. The first kappa shape index (κ1) is 16.3. The molecule has 1 heterocycles. The van der Waals surface area contributed by atoms with E-state index < -0.39 is 6.04 Å². The second-order valence-electron chi connectivity index (χ2n) is 5.58. The van der Waals surface area contributed by atoms with Gasteiger partial charge in [-0.25, -0.2) is 0 Å². The molecular weight excluding hydrogens is 288 g/mol. The SMILES string of the molecule is CCCC(N)C(=O)N1CC(c2ccccc2Cl)OCC1C. The van der Waals surface area contributed by atoms with Crippen LogP contribution in [0.5, 0.6) is 0 Å². The Balaban J connectivity index is 2.12. The number of amides is 1. The van der Waals surface area contributed by atoms with E-state index in [2.05, 4.69) is 0 Å². The van der Waals surface area contributed by atoms with Gasteiger partial charge in [-0.2, -0.15) is 0 Å². The first-order chi connectivity index (χ1) is 10.0. The lowest BCUT2D eigenvalue weighted by molar-refractivity contribution is -0.146. The monoisotopic (exact) mass is 310 g/mol. The molecule has 4 nitrogen and oxygen atoms in total. The summed E-state index contributed by atoms with van der Waals surface area (Å²) >= 11 is 6.23. The molecule has 0 aromatic heterocycles. The highest BCUT2D eigenvalue weighted by molar-refractivity contribution is 6.31. The molecule has 0 saturated carbocycles. The van der Waals surface area contributed by atoms with Crippen molar-refractivity contribution in [3.05, 3.63) is 34.9 Å². The molecule has 1 amide bonds. The van der Waals surface area contributed by atoms with Crippen molar-refractivity contribution in [3.8, 4) is 0 Å². The van der Waals surface area contributed by atoms with E-state index in [1.54, 1.807) is 0 Å². The third-order valence-corrected chi connectivity index (χ3v) is 4.23. The summed E-state index contributed by atoms with van der Waals surface area (Å²) in [5, 5.41) is 0.669. The number of nitrogens with two attached hydrogens (primary N) is 1. The smallest absolute Gasteiger partial charge is 0.239 e. The summed E-state index contributed by atoms with van der Waals surface area (Å²) in [6.45, 7) is 5.02. The number of carbonyl (C=O) groups excluding carboxylic acids is 1. The minimum atomic E-state index is -0.428. The van der Waals surface area contributed by atoms with Gasteiger partial charge in [-0.3, -0.25) is 4.79 Å². The molecule has 0 bridgehead atoms. The molecule has 1 aliphatic rings. The minimum absolute atomic E-state index is 0.00436. The summed E-state index contributed by atoms with van der Waals surface area (Å²) < 4.78 is 5.86. The number of carbonyl (C=O) groups is 1. The number of nitrogens with zero attached hydrogens (tertiary/aromatic N) is 1. The van der Waals surface area contributed by atoms with E-state index in [0.717, 1.165) is 12.0 Å². The van der Waals surface area contributed by atoms with Gasteiger partial charge in [0.1, 0.15) is 6.10 Å². The maximum absolute atomic E-state index is 12.5. The number of ether oxygens (including phenoxy) is 1. The first-order valence-corrected chi connectivity index (χ1v) is 7.84. The summed E-state index contributed by atoms with van der Waals surface area (Å²) in [7, 11) is 0. The van der Waals surface area contributed by atoms with E-state index in [9.17, 15) is 4.79 Å². The molecule has 3 unspecified atom stereocenters. The molecule has 5 heteroatoms. The molecule has 0 radical (unpaired) electrons. The zero-order chi connectivity index (χ0) is 15.4. The van der Waals surface area contributed by atoms with Crippen molar-refractivity contribution in [2.24, 2.45) is 5.73 Å². The van der Waals surface area contributed by atoms with E-state index in [-0.39, 0.29) is 18.1 Å². The fraction of sp³-hybridized carbons (Fsp3) is 0.562. The van der Waals surface area contributed by atoms with Crippen LogP contribution in [0.4, 0.5) is 0 Å². The summed E-state index contributed by atoms with van der Waals surface area (Å²) in [5.41, 5.74) is 6.90. The first-order valence-electron chi connectivity index (χ1n) is 7.46. The molecule has 1 aromatic rings. The van der Waals surface area contributed by atoms with Crippen molar-refractivity contribution in [2.75, 3.05) is 13.2 Å². The quantitative estimate of drug-likeness (QED) is 0.930. The lowest BCUT2D eigenvalue weighted by Crippen LogP contribution is -2.53. The lowest BCUT2D eigenvalue weighted by atomic mass is 10.0. The van der Waals surface area contributed by atoms with Crippen LogP contribution >= 0.6 is 11.6 Å². The Morgan fingerprint density at radius 2 is 2.24 bits per heavy atom. The molecular formula is C16H23ClN2O2. The average molecular weight is 311 g/mol. The van der Waals surface area contributed by atoms with Gasteiger partial charge in [0.25, 0.3) is 0 Å². The van der Waals surface area contributed by atoms with Crippen molar-refractivity contribution >= 4 is 17.5 Å². The Bertz CT molecular complexity index is 495. The van der Waals surface area contributed by atoms with Crippen LogP contribution in [0.15, 0.2) is 24.3 Å². The van der Waals surface area contributed by atoms with Crippen molar-refractivity contribution in [3.63, 3.8) is 0 Å². The highest BCUT2D eigenvalue weighted by Gasteiger charge is 2.33. The second-order valence-corrected chi connectivity index (χ2v) is 5.99. The van der Waals surface area contributed by atoms with Gasteiger partial charge >= 0.3 is 0 Å². The normalized spacial score (nSPS) is 23.9. The van der Waals surface area contributed by atoms with Crippen LogP contribution in [0.2, 0.25) is 5.02 Å². The third kappa shape index (κ3) is 3.76. The molecule has 1 aromatic carbocycles. The van der Waals surface area contributed by atoms with Crippen LogP contribution in [0, 0.1) is 0 Å². The summed E-state index contributed by atoms with van der Waals surface area (Å²) in [4.78, 5) is 14.3. The lowest BCUT2D eigenvalue weighted by Gasteiger charge is -2.39. The number of halogens is 1. The van der Waals surface area contributed by atoms with Gasteiger partial charge in [0.15, 0.2) is 0 Å². The van der Waals surface area contributed by atoms with Crippen LogP contribution in [0.25, 0.3) is 0 Å². The largest absolute Gasteiger partial charge is 0.369 e. The molecule has 21 heavy (non-hydrogen) atoms. The van der Waals surface area contributed by atoms with Crippen LogP contribution in [0.3, 0.4) is 0 Å². The van der Waals surface area contributed by atoms with E-state index in [4.69, 9.17) is 22.1 Å². The number of hydrogen-bond donors (Lipinski definition) is 1. The molecule has 1 fully saturated rings. The van der Waals surface area contributed by atoms with E-state index in [1.807, 2.05) is 43.0 Å². The van der Waals surface area contributed by atoms with Crippen molar-refractivity contribution in [2.45, 2.75) is 44.9 Å². The Morgan fingerprint density at radius 1 is 1.52 bits per heavy atom. The van der Waals surface area contributed by atoms with Gasteiger partial charge in [-0.1, -0.05) is 43.1 Å². The third-order valence-electron chi connectivity index (χ3n) is 3.89. The van der Waals surface area contributed by atoms with Crippen molar-refractivity contribution in [1.82, 2.24) is 4.90 Å². The molecule has 2 rings (SSSR count). The Hall–Kier alpha value is -1.10. The van der Waals surface area contributed by atoms with Crippen LogP contribution < -0.4 is 5.73 Å². The number of morpholine rings is 1. The fourth-order valence-corrected chi connectivity index (χ4v) is 2.89. The van der Waals surface area contributed by atoms with Gasteiger partial charge in [-0.15, -0.1) is 0 Å². The number of benzene rings is 1. The fourth-order valence-electron chi connectivity index (χ4n) is 2.64. The average Bonchev–Trinajstić information content (AvgIpc) is 2.48. The molecule has 0 aliphatic carbocycles. The Morgan fingerprint density at radius 3 is 2.90 bits per heavy atom. The Labute approximate surface area is 131 Å². The molecule has 2 N–H and O–H groups in total. The van der Waals surface area contributed by atoms with Crippen LogP contribution in [-0.2, 0) is 9.53 Å².